The van der Waals surface area contributed by atoms with E-state index in [9.17, 15) is 0 Å². The van der Waals surface area contributed by atoms with Crippen LogP contribution in [-0.4, -0.2) is 19.9 Å². The standard InChI is InChI=1S/C40H30N4/c1-39(2)31-21-27-25(19-29(31)35-37(39)43-17-15-41-35)34(24-13-9-6-10-14-24)28-22-32-30(36-38(40(32,3)4)44-18-16-42-36)20-26(28)33(27)23-11-7-5-8-12-23/h5-22H,1-4H3. The number of hydrogen-bond donors (Lipinski definition) is 0. The summed E-state index contributed by atoms with van der Waals surface area (Å²) in [6, 6.07) is 31.3. The van der Waals surface area contributed by atoms with Gasteiger partial charge in [0.1, 0.15) is 0 Å². The van der Waals surface area contributed by atoms with Crippen LogP contribution in [0.3, 0.4) is 0 Å². The fraction of sp³-hybridized carbons (Fsp3) is 0.150. The summed E-state index contributed by atoms with van der Waals surface area (Å²) >= 11 is 0. The van der Waals surface area contributed by atoms with Crippen LogP contribution < -0.4 is 0 Å². The highest BCUT2D eigenvalue weighted by atomic mass is 14.8. The minimum Gasteiger partial charge on any atom is -0.256 e. The lowest BCUT2D eigenvalue weighted by atomic mass is 9.78. The fourth-order valence-electron chi connectivity index (χ4n) is 7.81. The molecule has 2 aliphatic rings. The van der Waals surface area contributed by atoms with E-state index in [1.165, 1.54) is 66.1 Å². The lowest BCUT2D eigenvalue weighted by Crippen LogP contribution is -2.17. The molecule has 5 aromatic carbocycles. The molecule has 2 aliphatic carbocycles. The van der Waals surface area contributed by atoms with Crippen LogP contribution in [0, 0.1) is 0 Å². The van der Waals surface area contributed by atoms with Gasteiger partial charge < -0.3 is 0 Å². The number of rotatable bonds is 2. The Morgan fingerprint density at radius 3 is 1.20 bits per heavy atom. The zero-order chi connectivity index (χ0) is 29.8. The summed E-state index contributed by atoms with van der Waals surface area (Å²) in [4.78, 5) is 19.4. The summed E-state index contributed by atoms with van der Waals surface area (Å²) in [7, 11) is 0. The molecule has 0 radical (unpaired) electrons. The number of nitrogens with zero attached hydrogens (tertiary/aromatic N) is 4. The third-order valence-corrected chi connectivity index (χ3v) is 9.96. The van der Waals surface area contributed by atoms with E-state index in [0.717, 1.165) is 22.8 Å². The zero-order valence-corrected chi connectivity index (χ0v) is 25.2. The van der Waals surface area contributed by atoms with Crippen molar-refractivity contribution in [1.82, 2.24) is 19.9 Å². The molecule has 0 unspecified atom stereocenters. The van der Waals surface area contributed by atoms with Gasteiger partial charge in [-0.1, -0.05) is 88.4 Å². The predicted octanol–water partition coefficient (Wildman–Crippen LogP) is 9.52. The van der Waals surface area contributed by atoms with E-state index in [4.69, 9.17) is 19.9 Å². The van der Waals surface area contributed by atoms with Gasteiger partial charge in [0.2, 0.25) is 0 Å². The van der Waals surface area contributed by atoms with Crippen LogP contribution in [0.2, 0.25) is 0 Å². The van der Waals surface area contributed by atoms with E-state index in [1.54, 1.807) is 0 Å². The monoisotopic (exact) mass is 566 g/mol. The van der Waals surface area contributed by atoms with Crippen molar-refractivity contribution < 1.29 is 0 Å². The molecular weight excluding hydrogens is 536 g/mol. The highest BCUT2D eigenvalue weighted by molar-refractivity contribution is 6.23. The first-order valence-corrected chi connectivity index (χ1v) is 15.2. The van der Waals surface area contributed by atoms with Gasteiger partial charge >= 0.3 is 0 Å². The van der Waals surface area contributed by atoms with Gasteiger partial charge in [-0.25, -0.2) is 0 Å². The quantitative estimate of drug-likeness (QED) is 0.196. The van der Waals surface area contributed by atoms with Crippen molar-refractivity contribution in [3.05, 3.63) is 132 Å². The average Bonchev–Trinajstić information content (AvgIpc) is 3.41. The Labute approximate surface area is 256 Å². The molecule has 0 spiro atoms. The molecule has 0 saturated heterocycles. The van der Waals surface area contributed by atoms with Crippen molar-refractivity contribution in [3.8, 4) is 44.8 Å². The SMILES string of the molecule is CC1(C)c2cc3c(-c4ccccc4)c4cc5c(cc4c(-c4ccccc4)c3cc2-c2nccnc21)C(C)(C)c1nccnc1-5. The predicted molar refractivity (Wildman–Crippen MR) is 179 cm³/mol. The summed E-state index contributed by atoms with van der Waals surface area (Å²) in [5.74, 6) is 0. The Morgan fingerprint density at radius 1 is 0.432 bits per heavy atom. The van der Waals surface area contributed by atoms with Crippen molar-refractivity contribution >= 4 is 21.5 Å². The maximum absolute atomic E-state index is 4.86. The molecule has 0 aliphatic heterocycles. The van der Waals surface area contributed by atoms with E-state index in [1.807, 2.05) is 24.8 Å². The molecular formula is C40H30N4. The smallest absolute Gasteiger partial charge is 0.0929 e. The molecule has 0 saturated carbocycles. The van der Waals surface area contributed by atoms with Gasteiger partial charge in [0.25, 0.3) is 0 Å². The minimum absolute atomic E-state index is 0.264. The summed E-state index contributed by atoms with van der Waals surface area (Å²) in [6.07, 6.45) is 7.25. The first-order chi connectivity index (χ1) is 21.4. The molecule has 4 nitrogen and oxygen atoms in total. The summed E-state index contributed by atoms with van der Waals surface area (Å²) in [6.45, 7) is 9.07. The maximum atomic E-state index is 4.86. The van der Waals surface area contributed by atoms with Gasteiger partial charge in [-0.2, -0.15) is 0 Å². The Bertz CT molecular complexity index is 2150. The molecule has 9 rings (SSSR count). The van der Waals surface area contributed by atoms with Crippen LogP contribution >= 0.6 is 0 Å². The van der Waals surface area contributed by atoms with Crippen molar-refractivity contribution in [2.75, 3.05) is 0 Å². The van der Waals surface area contributed by atoms with Gasteiger partial charge in [0, 0.05) is 46.7 Å². The molecule has 0 atom stereocenters. The highest BCUT2D eigenvalue weighted by Crippen LogP contribution is 2.54. The van der Waals surface area contributed by atoms with Crippen LogP contribution in [0.1, 0.15) is 50.2 Å². The Kier molecular flexibility index (Phi) is 4.98. The minimum atomic E-state index is -0.264. The second kappa shape index (κ2) is 8.67. The zero-order valence-electron chi connectivity index (χ0n) is 25.2. The van der Waals surface area contributed by atoms with Crippen molar-refractivity contribution in [3.63, 3.8) is 0 Å². The summed E-state index contributed by atoms with van der Waals surface area (Å²) in [5.41, 5.74) is 13.3. The summed E-state index contributed by atoms with van der Waals surface area (Å²) < 4.78 is 0. The molecule has 0 fully saturated rings. The van der Waals surface area contributed by atoms with Gasteiger partial charge in [-0.05, 0) is 79.2 Å². The second-order valence-electron chi connectivity index (χ2n) is 13.1. The van der Waals surface area contributed by atoms with Crippen LogP contribution in [-0.2, 0) is 10.8 Å². The summed E-state index contributed by atoms with van der Waals surface area (Å²) in [5, 5.41) is 4.91. The normalized spacial score (nSPS) is 15.2. The third kappa shape index (κ3) is 3.23. The van der Waals surface area contributed by atoms with E-state index < -0.39 is 0 Å². The molecule has 0 amide bonds. The van der Waals surface area contributed by atoms with E-state index >= 15 is 0 Å². The maximum Gasteiger partial charge on any atom is 0.0929 e. The van der Waals surface area contributed by atoms with Gasteiger partial charge in [-0.3, -0.25) is 19.9 Å². The van der Waals surface area contributed by atoms with Gasteiger partial charge in [-0.15, -0.1) is 0 Å². The van der Waals surface area contributed by atoms with Crippen molar-refractivity contribution in [2.24, 2.45) is 0 Å². The first-order valence-electron chi connectivity index (χ1n) is 15.2. The van der Waals surface area contributed by atoms with Crippen LogP contribution in [0.25, 0.3) is 66.3 Å². The third-order valence-electron chi connectivity index (χ3n) is 9.96. The number of fused-ring (bicyclic) bond motifs is 8. The van der Waals surface area contributed by atoms with Crippen molar-refractivity contribution in [1.29, 1.82) is 0 Å². The van der Waals surface area contributed by atoms with Crippen molar-refractivity contribution in [2.45, 2.75) is 38.5 Å². The Balaban J connectivity index is 1.52. The topological polar surface area (TPSA) is 51.6 Å². The number of aromatic nitrogens is 4. The molecule has 44 heavy (non-hydrogen) atoms. The van der Waals surface area contributed by atoms with E-state index in [-0.39, 0.29) is 10.8 Å². The molecule has 2 aromatic heterocycles. The molecule has 0 N–H and O–H groups in total. The number of hydrogen-bond acceptors (Lipinski definition) is 4. The second-order valence-corrected chi connectivity index (χ2v) is 13.1. The fourth-order valence-corrected chi connectivity index (χ4v) is 7.81. The van der Waals surface area contributed by atoms with Crippen LogP contribution in [0.4, 0.5) is 0 Å². The van der Waals surface area contributed by atoms with Gasteiger partial charge in [0.15, 0.2) is 0 Å². The largest absolute Gasteiger partial charge is 0.256 e. The van der Waals surface area contributed by atoms with E-state index in [0.29, 0.717) is 0 Å². The van der Waals surface area contributed by atoms with Crippen LogP contribution in [0.5, 0.6) is 0 Å². The van der Waals surface area contributed by atoms with E-state index in [2.05, 4.69) is 113 Å². The Hall–Kier alpha value is -5.22. The lowest BCUT2D eigenvalue weighted by Gasteiger charge is -2.24. The molecule has 2 heterocycles. The number of benzene rings is 5. The van der Waals surface area contributed by atoms with Gasteiger partial charge in [0.05, 0.1) is 22.8 Å². The highest BCUT2D eigenvalue weighted by Gasteiger charge is 2.40. The molecule has 7 aromatic rings. The first kappa shape index (κ1) is 25.3. The van der Waals surface area contributed by atoms with Crippen LogP contribution in [0.15, 0.2) is 110 Å². The average molecular weight is 567 g/mol. The lowest BCUT2D eigenvalue weighted by molar-refractivity contribution is 0.635. The Morgan fingerprint density at radius 2 is 0.795 bits per heavy atom. The molecule has 0 bridgehead atoms. The molecule has 210 valence electrons. The molecule has 4 heteroatoms.